The number of hydrogen-bond donors (Lipinski definition) is 2. The van der Waals surface area contributed by atoms with Crippen LogP contribution in [0.3, 0.4) is 0 Å². The van der Waals surface area contributed by atoms with E-state index in [0.717, 1.165) is 58.2 Å². The fraction of sp³-hybridized carbons (Fsp3) is 0.650. The highest BCUT2D eigenvalue weighted by Gasteiger charge is 2.46. The van der Waals surface area contributed by atoms with Gasteiger partial charge in [0.25, 0.3) is 0 Å². The minimum atomic E-state index is -1.22. The quantitative estimate of drug-likeness (QED) is 0.624. The molecule has 0 unspecified atom stereocenters. The molecule has 6 heteroatoms. The molecule has 0 radical (unpaired) electrons. The maximum absolute atomic E-state index is 12.8. The molecule has 1 aromatic rings. The zero-order valence-electron chi connectivity index (χ0n) is 15.3. The summed E-state index contributed by atoms with van der Waals surface area (Å²) in [6, 6.07) is 4.13. The van der Waals surface area contributed by atoms with Crippen LogP contribution in [0.1, 0.15) is 56.9 Å². The predicted molar refractivity (Wildman–Crippen MR) is 98.4 cm³/mol. The summed E-state index contributed by atoms with van der Waals surface area (Å²) in [7, 11) is 0. The third-order valence-corrected chi connectivity index (χ3v) is 5.88. The van der Waals surface area contributed by atoms with Crippen molar-refractivity contribution in [3.63, 3.8) is 0 Å². The molecule has 1 aromatic heterocycles. The fourth-order valence-electron chi connectivity index (χ4n) is 4.18. The van der Waals surface area contributed by atoms with Crippen molar-refractivity contribution in [2.75, 3.05) is 13.1 Å². The molecule has 1 saturated heterocycles. The summed E-state index contributed by atoms with van der Waals surface area (Å²) >= 11 is 0. The van der Waals surface area contributed by atoms with Crippen molar-refractivity contribution in [2.45, 2.75) is 64.0 Å². The van der Waals surface area contributed by atoms with Crippen molar-refractivity contribution in [3.8, 4) is 0 Å². The van der Waals surface area contributed by atoms with Crippen LogP contribution in [0.5, 0.6) is 0 Å². The standard InChI is InChI=1S/C20H29N3O3/c24-18(20(19(25)26)9-3-1-2-4-10-20)22-17-7-13-23(14-8-17)15-16-5-11-21-12-6-16/h5-6,11-12,17H,1-4,7-10,13-15H2,(H,22,24)(H,25,26). The number of pyridine rings is 1. The van der Waals surface area contributed by atoms with E-state index in [1.807, 2.05) is 12.1 Å². The Kier molecular flexibility index (Phi) is 6.25. The van der Waals surface area contributed by atoms with Crippen LogP contribution in [0, 0.1) is 5.41 Å². The van der Waals surface area contributed by atoms with Gasteiger partial charge in [-0.1, -0.05) is 25.7 Å². The van der Waals surface area contributed by atoms with Gasteiger partial charge >= 0.3 is 5.97 Å². The molecule has 1 amide bonds. The number of carbonyl (C=O) groups is 2. The molecular weight excluding hydrogens is 330 g/mol. The summed E-state index contributed by atoms with van der Waals surface area (Å²) in [6.07, 6.45) is 9.98. The van der Waals surface area contributed by atoms with Gasteiger partial charge in [-0.2, -0.15) is 0 Å². The first-order valence-corrected chi connectivity index (χ1v) is 9.76. The van der Waals surface area contributed by atoms with E-state index in [-0.39, 0.29) is 11.9 Å². The third-order valence-electron chi connectivity index (χ3n) is 5.88. The minimum Gasteiger partial charge on any atom is -0.480 e. The van der Waals surface area contributed by atoms with E-state index in [4.69, 9.17) is 0 Å². The van der Waals surface area contributed by atoms with Crippen LogP contribution in [0.15, 0.2) is 24.5 Å². The molecule has 2 heterocycles. The predicted octanol–water partition coefficient (Wildman–Crippen LogP) is 2.59. The van der Waals surface area contributed by atoms with Gasteiger partial charge in [0.05, 0.1) is 0 Å². The highest BCUT2D eigenvalue weighted by atomic mass is 16.4. The van der Waals surface area contributed by atoms with Crippen molar-refractivity contribution in [2.24, 2.45) is 5.41 Å². The molecule has 2 N–H and O–H groups in total. The van der Waals surface area contributed by atoms with E-state index in [1.54, 1.807) is 12.4 Å². The Balaban J connectivity index is 1.53. The number of carboxylic acids is 1. The van der Waals surface area contributed by atoms with Crippen molar-refractivity contribution >= 4 is 11.9 Å². The highest BCUT2D eigenvalue weighted by molar-refractivity contribution is 6.02. The van der Waals surface area contributed by atoms with E-state index >= 15 is 0 Å². The lowest BCUT2D eigenvalue weighted by atomic mass is 9.79. The van der Waals surface area contributed by atoms with Gasteiger partial charge in [-0.25, -0.2) is 0 Å². The van der Waals surface area contributed by atoms with Crippen LogP contribution in [0.2, 0.25) is 0 Å². The van der Waals surface area contributed by atoms with Crippen molar-refractivity contribution in [3.05, 3.63) is 30.1 Å². The Labute approximate surface area is 155 Å². The number of carbonyl (C=O) groups excluding carboxylic acids is 1. The number of nitrogens with zero attached hydrogens (tertiary/aromatic N) is 2. The zero-order chi connectivity index (χ0) is 18.4. The molecule has 0 spiro atoms. The third kappa shape index (κ3) is 4.41. The number of carboxylic acid groups (broad SMARTS) is 1. The van der Waals surface area contributed by atoms with E-state index in [1.165, 1.54) is 5.56 Å². The molecule has 3 rings (SSSR count). The highest BCUT2D eigenvalue weighted by Crippen LogP contribution is 2.36. The molecular formula is C20H29N3O3. The van der Waals surface area contributed by atoms with Crippen LogP contribution in [-0.4, -0.2) is 46.0 Å². The van der Waals surface area contributed by atoms with Gasteiger partial charge < -0.3 is 10.4 Å². The largest absolute Gasteiger partial charge is 0.480 e. The first-order chi connectivity index (χ1) is 12.6. The van der Waals surface area contributed by atoms with Crippen molar-refractivity contribution in [1.82, 2.24) is 15.2 Å². The lowest BCUT2D eigenvalue weighted by molar-refractivity contribution is -0.157. The van der Waals surface area contributed by atoms with E-state index in [0.29, 0.717) is 12.8 Å². The van der Waals surface area contributed by atoms with Gasteiger partial charge in [0.2, 0.25) is 5.91 Å². The van der Waals surface area contributed by atoms with Gasteiger partial charge in [0, 0.05) is 38.1 Å². The summed E-state index contributed by atoms with van der Waals surface area (Å²) in [6.45, 7) is 2.71. The lowest BCUT2D eigenvalue weighted by Gasteiger charge is -2.35. The van der Waals surface area contributed by atoms with E-state index in [2.05, 4.69) is 15.2 Å². The number of rotatable bonds is 5. The molecule has 6 nitrogen and oxygen atoms in total. The molecule has 2 fully saturated rings. The molecule has 142 valence electrons. The number of amides is 1. The number of aromatic nitrogens is 1. The smallest absolute Gasteiger partial charge is 0.319 e. The van der Waals surface area contributed by atoms with Gasteiger partial charge in [0.1, 0.15) is 5.41 Å². The molecule has 1 saturated carbocycles. The van der Waals surface area contributed by atoms with Gasteiger partial charge in [-0.15, -0.1) is 0 Å². The van der Waals surface area contributed by atoms with Gasteiger partial charge in [-0.3, -0.25) is 19.5 Å². The van der Waals surface area contributed by atoms with Gasteiger partial charge in [0.15, 0.2) is 0 Å². The van der Waals surface area contributed by atoms with Crippen LogP contribution in [0.4, 0.5) is 0 Å². The average molecular weight is 359 g/mol. The number of aliphatic carboxylic acids is 1. The molecule has 0 atom stereocenters. The number of hydrogen-bond acceptors (Lipinski definition) is 4. The number of nitrogens with one attached hydrogen (secondary N) is 1. The van der Waals surface area contributed by atoms with Crippen molar-refractivity contribution in [1.29, 1.82) is 0 Å². The lowest BCUT2D eigenvalue weighted by Crippen LogP contribution is -2.52. The zero-order valence-corrected chi connectivity index (χ0v) is 15.3. The Bertz CT molecular complexity index is 604. The summed E-state index contributed by atoms with van der Waals surface area (Å²) < 4.78 is 0. The first kappa shape index (κ1) is 18.8. The van der Waals surface area contributed by atoms with Crippen LogP contribution in [0.25, 0.3) is 0 Å². The first-order valence-electron chi connectivity index (χ1n) is 9.76. The Hall–Kier alpha value is -1.95. The second kappa shape index (κ2) is 8.62. The van der Waals surface area contributed by atoms with Gasteiger partial charge in [-0.05, 0) is 43.4 Å². The maximum atomic E-state index is 12.8. The molecule has 0 bridgehead atoms. The van der Waals surface area contributed by atoms with Crippen LogP contribution < -0.4 is 5.32 Å². The number of likely N-dealkylation sites (tertiary alicyclic amines) is 1. The topological polar surface area (TPSA) is 82.5 Å². The Morgan fingerprint density at radius 1 is 1.12 bits per heavy atom. The Morgan fingerprint density at radius 2 is 1.73 bits per heavy atom. The SMILES string of the molecule is O=C(O)C1(C(=O)NC2CCN(Cc3ccncc3)CC2)CCCCCC1. The van der Waals surface area contributed by atoms with E-state index in [9.17, 15) is 14.7 Å². The second-order valence-electron chi connectivity index (χ2n) is 7.68. The number of piperidine rings is 1. The fourth-order valence-corrected chi connectivity index (χ4v) is 4.18. The minimum absolute atomic E-state index is 0.0793. The summed E-state index contributed by atoms with van der Waals surface area (Å²) in [5.74, 6) is -1.22. The summed E-state index contributed by atoms with van der Waals surface area (Å²) in [4.78, 5) is 31.1. The molecule has 1 aliphatic carbocycles. The normalized spacial score (nSPS) is 21.7. The second-order valence-corrected chi connectivity index (χ2v) is 7.68. The van der Waals surface area contributed by atoms with Crippen LogP contribution >= 0.6 is 0 Å². The summed E-state index contributed by atoms with van der Waals surface area (Å²) in [5.41, 5.74) is 0.0239. The molecule has 1 aliphatic heterocycles. The maximum Gasteiger partial charge on any atom is 0.319 e. The molecule has 0 aromatic carbocycles. The van der Waals surface area contributed by atoms with Crippen LogP contribution in [-0.2, 0) is 16.1 Å². The molecule has 26 heavy (non-hydrogen) atoms. The monoisotopic (exact) mass is 359 g/mol. The van der Waals surface area contributed by atoms with Crippen molar-refractivity contribution < 1.29 is 14.7 Å². The van der Waals surface area contributed by atoms with E-state index < -0.39 is 11.4 Å². The Morgan fingerprint density at radius 3 is 2.31 bits per heavy atom. The summed E-state index contributed by atoms with van der Waals surface area (Å²) in [5, 5.41) is 12.8. The molecule has 2 aliphatic rings. The average Bonchev–Trinajstić information content (AvgIpc) is 2.91.